The molecule has 1 aliphatic carbocycles. The van der Waals surface area contributed by atoms with Gasteiger partial charge >= 0.3 is 0 Å². The molecule has 3 heteroatoms. The summed E-state index contributed by atoms with van der Waals surface area (Å²) in [5.74, 6) is 0.602. The fourth-order valence-corrected chi connectivity index (χ4v) is 4.96. The summed E-state index contributed by atoms with van der Waals surface area (Å²) in [6.45, 7) is 3.12. The van der Waals surface area contributed by atoms with E-state index in [1.54, 1.807) is 0 Å². The minimum atomic E-state index is 0.170. The van der Waals surface area contributed by atoms with E-state index in [2.05, 4.69) is 19.1 Å². The van der Waals surface area contributed by atoms with Crippen LogP contribution in [0.3, 0.4) is 0 Å². The van der Waals surface area contributed by atoms with Gasteiger partial charge in [0.2, 0.25) is 0 Å². The predicted octanol–water partition coefficient (Wildman–Crippen LogP) is 4.44. The van der Waals surface area contributed by atoms with Crippen LogP contribution in [-0.2, 0) is 11.2 Å². The first kappa shape index (κ1) is 14.6. The molecule has 3 rings (SSSR count). The average molecular weight is 293 g/mol. The summed E-state index contributed by atoms with van der Waals surface area (Å²) in [5.41, 5.74) is 6.75. The van der Waals surface area contributed by atoms with Crippen molar-refractivity contribution in [2.45, 2.75) is 69.9 Å². The molecular formula is C17H27NOS. The Morgan fingerprint density at radius 3 is 2.85 bits per heavy atom. The molecule has 112 valence electrons. The summed E-state index contributed by atoms with van der Waals surface area (Å²) in [5, 5.41) is 0. The SMILES string of the molecule is CCc1ccc(C(N)C2CCOC3(CCCCC3)C2)s1. The highest BCUT2D eigenvalue weighted by Gasteiger charge is 2.40. The van der Waals surface area contributed by atoms with Crippen LogP contribution in [0.4, 0.5) is 0 Å². The summed E-state index contributed by atoms with van der Waals surface area (Å²) in [6, 6.07) is 4.70. The maximum atomic E-state index is 6.58. The van der Waals surface area contributed by atoms with Crippen molar-refractivity contribution in [2.75, 3.05) is 6.61 Å². The van der Waals surface area contributed by atoms with Crippen LogP contribution in [0.1, 0.15) is 67.7 Å². The average Bonchev–Trinajstić information content (AvgIpc) is 2.96. The van der Waals surface area contributed by atoms with E-state index < -0.39 is 0 Å². The van der Waals surface area contributed by atoms with Crippen molar-refractivity contribution in [1.29, 1.82) is 0 Å². The Bertz CT molecular complexity index is 430. The standard InChI is InChI=1S/C17H27NOS/c1-2-14-6-7-15(20-14)16(18)13-8-11-19-17(12-13)9-4-3-5-10-17/h6-7,13,16H,2-5,8-12,18H2,1H3. The van der Waals surface area contributed by atoms with Crippen LogP contribution in [0.25, 0.3) is 0 Å². The van der Waals surface area contributed by atoms with Gasteiger partial charge in [0.1, 0.15) is 0 Å². The van der Waals surface area contributed by atoms with E-state index in [0.29, 0.717) is 5.92 Å². The van der Waals surface area contributed by atoms with Crippen molar-refractivity contribution in [1.82, 2.24) is 0 Å². The summed E-state index contributed by atoms with van der Waals surface area (Å²) >= 11 is 1.90. The second kappa shape index (κ2) is 6.17. The van der Waals surface area contributed by atoms with E-state index in [4.69, 9.17) is 10.5 Å². The number of rotatable bonds is 3. The van der Waals surface area contributed by atoms with E-state index in [-0.39, 0.29) is 11.6 Å². The number of hydrogen-bond acceptors (Lipinski definition) is 3. The van der Waals surface area contributed by atoms with Crippen molar-refractivity contribution in [2.24, 2.45) is 11.7 Å². The molecule has 1 saturated heterocycles. The molecule has 0 radical (unpaired) electrons. The molecule has 0 aromatic carbocycles. The molecule has 1 aliphatic heterocycles. The molecule has 1 aromatic rings. The lowest BCUT2D eigenvalue weighted by atomic mass is 9.74. The molecule has 2 N–H and O–H groups in total. The van der Waals surface area contributed by atoms with Gasteiger partial charge in [-0.25, -0.2) is 0 Å². The van der Waals surface area contributed by atoms with Gasteiger partial charge in [-0.15, -0.1) is 11.3 Å². The minimum absolute atomic E-state index is 0.170. The molecule has 2 unspecified atom stereocenters. The largest absolute Gasteiger partial charge is 0.375 e. The maximum Gasteiger partial charge on any atom is 0.0686 e. The summed E-state index contributed by atoms with van der Waals surface area (Å²) in [4.78, 5) is 2.83. The van der Waals surface area contributed by atoms with Crippen molar-refractivity contribution in [3.05, 3.63) is 21.9 Å². The zero-order valence-electron chi connectivity index (χ0n) is 12.6. The van der Waals surface area contributed by atoms with Gasteiger partial charge in [0.15, 0.2) is 0 Å². The van der Waals surface area contributed by atoms with E-state index in [1.807, 2.05) is 11.3 Å². The topological polar surface area (TPSA) is 35.2 Å². The number of hydrogen-bond donors (Lipinski definition) is 1. The highest BCUT2D eigenvalue weighted by Crippen LogP contribution is 2.44. The van der Waals surface area contributed by atoms with E-state index >= 15 is 0 Å². The molecule has 20 heavy (non-hydrogen) atoms. The van der Waals surface area contributed by atoms with Crippen LogP contribution in [0, 0.1) is 5.92 Å². The van der Waals surface area contributed by atoms with Crippen molar-refractivity contribution < 1.29 is 4.74 Å². The van der Waals surface area contributed by atoms with Gasteiger partial charge in [-0.05, 0) is 50.2 Å². The van der Waals surface area contributed by atoms with Gasteiger partial charge < -0.3 is 10.5 Å². The second-order valence-corrected chi connectivity index (χ2v) is 7.73. The molecular weight excluding hydrogens is 266 g/mol. The molecule has 2 atom stereocenters. The molecule has 0 bridgehead atoms. The van der Waals surface area contributed by atoms with E-state index in [1.165, 1.54) is 48.3 Å². The van der Waals surface area contributed by atoms with Gasteiger partial charge in [0.25, 0.3) is 0 Å². The first-order valence-electron chi connectivity index (χ1n) is 8.20. The van der Waals surface area contributed by atoms with Gasteiger partial charge in [0.05, 0.1) is 5.60 Å². The number of ether oxygens (including phenoxy) is 1. The molecule has 0 amide bonds. The zero-order valence-corrected chi connectivity index (χ0v) is 13.4. The zero-order chi connectivity index (χ0) is 14.0. The number of nitrogens with two attached hydrogens (primary N) is 1. The van der Waals surface area contributed by atoms with Crippen LogP contribution in [0.15, 0.2) is 12.1 Å². The van der Waals surface area contributed by atoms with E-state index in [9.17, 15) is 0 Å². The molecule has 2 nitrogen and oxygen atoms in total. The van der Waals surface area contributed by atoms with Crippen LogP contribution < -0.4 is 5.73 Å². The molecule has 2 aliphatic rings. The van der Waals surface area contributed by atoms with Gasteiger partial charge in [0, 0.05) is 22.4 Å². The fourth-order valence-electron chi connectivity index (χ4n) is 3.91. The maximum absolute atomic E-state index is 6.58. The van der Waals surface area contributed by atoms with Crippen LogP contribution in [0.2, 0.25) is 0 Å². The lowest BCUT2D eigenvalue weighted by molar-refractivity contribution is -0.120. The van der Waals surface area contributed by atoms with Crippen LogP contribution in [0.5, 0.6) is 0 Å². The normalized spacial score (nSPS) is 27.6. The Morgan fingerprint density at radius 2 is 2.15 bits per heavy atom. The predicted molar refractivity (Wildman–Crippen MR) is 85.1 cm³/mol. The third-order valence-electron chi connectivity index (χ3n) is 5.16. The minimum Gasteiger partial charge on any atom is -0.375 e. The molecule has 2 heterocycles. The highest BCUT2D eigenvalue weighted by molar-refractivity contribution is 7.12. The first-order chi connectivity index (χ1) is 9.72. The van der Waals surface area contributed by atoms with Gasteiger partial charge in [-0.2, -0.15) is 0 Å². The third kappa shape index (κ3) is 2.95. The smallest absolute Gasteiger partial charge is 0.0686 e. The molecule has 1 aromatic heterocycles. The van der Waals surface area contributed by atoms with E-state index in [0.717, 1.165) is 19.4 Å². The van der Waals surface area contributed by atoms with Crippen LogP contribution >= 0.6 is 11.3 Å². The monoisotopic (exact) mass is 293 g/mol. The van der Waals surface area contributed by atoms with Crippen molar-refractivity contribution >= 4 is 11.3 Å². The molecule has 1 spiro atoms. The Kier molecular flexibility index (Phi) is 4.49. The third-order valence-corrected chi connectivity index (χ3v) is 6.49. The molecule has 2 fully saturated rings. The summed E-state index contributed by atoms with van der Waals surface area (Å²) in [6.07, 6.45) is 9.97. The van der Waals surface area contributed by atoms with Gasteiger partial charge in [-0.1, -0.05) is 26.2 Å². The summed E-state index contributed by atoms with van der Waals surface area (Å²) in [7, 11) is 0. The Labute approximate surface area is 126 Å². The summed E-state index contributed by atoms with van der Waals surface area (Å²) < 4.78 is 6.20. The van der Waals surface area contributed by atoms with Gasteiger partial charge in [-0.3, -0.25) is 0 Å². The quantitative estimate of drug-likeness (QED) is 0.894. The highest BCUT2D eigenvalue weighted by atomic mass is 32.1. The Hall–Kier alpha value is -0.380. The number of aryl methyl sites for hydroxylation is 1. The first-order valence-corrected chi connectivity index (χ1v) is 9.02. The number of thiophene rings is 1. The second-order valence-electron chi connectivity index (χ2n) is 6.53. The lowest BCUT2D eigenvalue weighted by Crippen LogP contribution is -2.43. The van der Waals surface area contributed by atoms with Crippen molar-refractivity contribution in [3.63, 3.8) is 0 Å². The fraction of sp³-hybridized carbons (Fsp3) is 0.765. The van der Waals surface area contributed by atoms with Crippen LogP contribution in [-0.4, -0.2) is 12.2 Å². The Balaban J connectivity index is 1.69. The lowest BCUT2D eigenvalue weighted by Gasteiger charge is -2.44. The van der Waals surface area contributed by atoms with Crippen molar-refractivity contribution in [3.8, 4) is 0 Å². The Morgan fingerprint density at radius 1 is 1.35 bits per heavy atom. The molecule has 1 saturated carbocycles.